The van der Waals surface area contributed by atoms with Crippen LogP contribution in [0, 0.1) is 0 Å². The largest absolute Gasteiger partial charge is 0.477 e. The van der Waals surface area contributed by atoms with Crippen molar-refractivity contribution in [1.82, 2.24) is 9.78 Å². The molecule has 2 heterocycles. The van der Waals surface area contributed by atoms with Crippen LogP contribution in [0.15, 0.2) is 28.6 Å². The molecule has 0 radical (unpaired) electrons. The highest BCUT2D eigenvalue weighted by atomic mass is 32.2. The lowest BCUT2D eigenvalue weighted by atomic mass is 10.5. The maximum Gasteiger partial charge on any atom is 0.347 e. The van der Waals surface area contributed by atoms with E-state index in [9.17, 15) is 13.2 Å². The molecule has 0 bridgehead atoms. The molecule has 0 aliphatic heterocycles. The van der Waals surface area contributed by atoms with Crippen molar-refractivity contribution >= 4 is 33.1 Å². The van der Waals surface area contributed by atoms with Gasteiger partial charge in [0.2, 0.25) is 0 Å². The first-order chi connectivity index (χ1) is 8.42. The minimum absolute atomic E-state index is 0.218. The summed E-state index contributed by atoms with van der Waals surface area (Å²) < 4.78 is 27.7. The summed E-state index contributed by atoms with van der Waals surface area (Å²) in [5.74, 6) is -1.01. The highest BCUT2D eigenvalue weighted by Crippen LogP contribution is 2.24. The normalized spacial score (nSPS) is 11.4. The number of thiophene rings is 1. The molecule has 0 aromatic carbocycles. The molecule has 0 saturated carbocycles. The topological polar surface area (TPSA) is 101 Å². The number of nitrogens with one attached hydrogen (secondary N) is 1. The van der Waals surface area contributed by atoms with E-state index >= 15 is 0 Å². The first-order valence-electron chi connectivity index (χ1n) is 4.73. The predicted octanol–water partition coefficient (Wildman–Crippen LogP) is 0.981. The van der Waals surface area contributed by atoms with Gasteiger partial charge in [0.1, 0.15) is 15.6 Å². The van der Waals surface area contributed by atoms with Crippen LogP contribution in [0.5, 0.6) is 0 Å². The van der Waals surface area contributed by atoms with Crippen LogP contribution in [0.3, 0.4) is 0 Å². The zero-order valence-corrected chi connectivity index (χ0v) is 10.8. The van der Waals surface area contributed by atoms with E-state index in [1.165, 1.54) is 28.4 Å². The van der Waals surface area contributed by atoms with Crippen molar-refractivity contribution in [2.75, 3.05) is 4.72 Å². The van der Waals surface area contributed by atoms with E-state index in [1.807, 2.05) is 0 Å². The number of anilines is 1. The molecule has 7 nitrogen and oxygen atoms in total. The van der Waals surface area contributed by atoms with Gasteiger partial charge in [-0.25, -0.2) is 13.2 Å². The Hall–Kier alpha value is -1.87. The molecule has 0 spiro atoms. The van der Waals surface area contributed by atoms with Crippen LogP contribution in [-0.2, 0) is 17.1 Å². The summed E-state index contributed by atoms with van der Waals surface area (Å²) in [7, 11) is -2.35. The molecule has 0 fully saturated rings. The van der Waals surface area contributed by atoms with Gasteiger partial charge in [0.05, 0.1) is 6.20 Å². The molecule has 2 rings (SSSR count). The van der Waals surface area contributed by atoms with Crippen LogP contribution < -0.4 is 4.72 Å². The summed E-state index contributed by atoms with van der Waals surface area (Å²) in [4.78, 5) is 10.4. The number of carboxylic acid groups (broad SMARTS) is 1. The smallest absolute Gasteiger partial charge is 0.347 e. The molecule has 2 N–H and O–H groups in total. The number of hydrogen-bond donors (Lipinski definition) is 2. The number of carbonyl (C=O) groups is 1. The molecule has 0 aliphatic carbocycles. The van der Waals surface area contributed by atoms with Gasteiger partial charge >= 0.3 is 5.97 Å². The predicted molar refractivity (Wildman–Crippen MR) is 65.3 cm³/mol. The van der Waals surface area contributed by atoms with E-state index in [4.69, 9.17) is 5.11 Å². The van der Waals surface area contributed by atoms with E-state index in [0.717, 1.165) is 11.3 Å². The number of rotatable bonds is 4. The first-order valence-corrected chi connectivity index (χ1v) is 7.09. The van der Waals surface area contributed by atoms with E-state index in [-0.39, 0.29) is 15.6 Å². The van der Waals surface area contributed by atoms with Crippen LogP contribution in [-0.4, -0.2) is 29.3 Å². The lowest BCUT2D eigenvalue weighted by Gasteiger charge is -2.07. The standard InChI is InChI=1S/C9H9N3O4S2/c1-12-7(2-4-10-12)11-18(15,16)6-3-5-17-8(6)9(13)14/h2-5,11H,1H3,(H,13,14). The third-order valence-corrected chi connectivity index (χ3v) is 4.60. The SMILES string of the molecule is Cn1nccc1NS(=O)(=O)c1ccsc1C(=O)O. The van der Waals surface area contributed by atoms with Gasteiger partial charge in [0.25, 0.3) is 10.0 Å². The third kappa shape index (κ3) is 2.22. The Labute approximate surface area is 107 Å². The van der Waals surface area contributed by atoms with Crippen molar-refractivity contribution in [3.63, 3.8) is 0 Å². The number of sulfonamides is 1. The molecular formula is C9H9N3O4S2. The zero-order chi connectivity index (χ0) is 13.3. The molecule has 0 amide bonds. The number of aryl methyl sites for hydroxylation is 1. The summed E-state index contributed by atoms with van der Waals surface area (Å²) in [5, 5.41) is 14.1. The maximum absolute atomic E-state index is 12.0. The number of carboxylic acids is 1. The van der Waals surface area contributed by atoms with Crippen LogP contribution in [0.1, 0.15) is 9.67 Å². The molecule has 2 aromatic rings. The Morgan fingerprint density at radius 3 is 2.78 bits per heavy atom. The van der Waals surface area contributed by atoms with Gasteiger partial charge < -0.3 is 5.11 Å². The zero-order valence-electron chi connectivity index (χ0n) is 9.19. The van der Waals surface area contributed by atoms with Gasteiger partial charge in [-0.3, -0.25) is 9.40 Å². The van der Waals surface area contributed by atoms with Crippen LogP contribution in [0.2, 0.25) is 0 Å². The van der Waals surface area contributed by atoms with E-state index in [2.05, 4.69) is 9.82 Å². The van der Waals surface area contributed by atoms with Gasteiger partial charge in [-0.05, 0) is 11.4 Å². The third-order valence-electron chi connectivity index (χ3n) is 2.17. The second-order valence-electron chi connectivity index (χ2n) is 3.36. The van der Waals surface area contributed by atoms with Crippen LogP contribution in [0.4, 0.5) is 5.82 Å². The molecule has 0 aliphatic rings. The summed E-state index contributed by atoms with van der Waals surface area (Å²) in [5.41, 5.74) is 0. The fourth-order valence-corrected chi connectivity index (χ4v) is 3.68. The molecule has 2 aromatic heterocycles. The quantitative estimate of drug-likeness (QED) is 0.873. The lowest BCUT2D eigenvalue weighted by molar-refractivity contribution is 0.0698. The molecule has 9 heteroatoms. The highest BCUT2D eigenvalue weighted by molar-refractivity contribution is 7.93. The van der Waals surface area contributed by atoms with E-state index in [0.29, 0.717) is 0 Å². The van der Waals surface area contributed by atoms with Crippen molar-refractivity contribution in [2.24, 2.45) is 7.05 Å². The fourth-order valence-electron chi connectivity index (χ4n) is 1.33. The second-order valence-corrected chi connectivity index (χ2v) is 5.93. The molecule has 0 unspecified atom stereocenters. The Kier molecular flexibility index (Phi) is 3.09. The number of nitrogens with zero attached hydrogens (tertiary/aromatic N) is 2. The Morgan fingerprint density at radius 2 is 2.22 bits per heavy atom. The van der Waals surface area contributed by atoms with Crippen molar-refractivity contribution in [2.45, 2.75) is 4.90 Å². The molecule has 0 atom stereocenters. The number of hydrogen-bond acceptors (Lipinski definition) is 5. The summed E-state index contributed by atoms with van der Waals surface area (Å²) >= 11 is 0.860. The Balaban J connectivity index is 2.40. The van der Waals surface area contributed by atoms with Gasteiger partial charge in [-0.2, -0.15) is 5.10 Å². The van der Waals surface area contributed by atoms with Gasteiger partial charge in [0.15, 0.2) is 0 Å². The van der Waals surface area contributed by atoms with E-state index < -0.39 is 16.0 Å². The molecule has 0 saturated heterocycles. The van der Waals surface area contributed by atoms with E-state index in [1.54, 1.807) is 7.05 Å². The second kappa shape index (κ2) is 4.42. The minimum atomic E-state index is -3.92. The van der Waals surface area contributed by atoms with Crippen molar-refractivity contribution in [1.29, 1.82) is 0 Å². The van der Waals surface area contributed by atoms with Crippen LogP contribution >= 0.6 is 11.3 Å². The lowest BCUT2D eigenvalue weighted by Crippen LogP contribution is -2.17. The van der Waals surface area contributed by atoms with Crippen LogP contribution in [0.25, 0.3) is 0 Å². The molecular weight excluding hydrogens is 278 g/mol. The Bertz CT molecular complexity index is 686. The fraction of sp³-hybridized carbons (Fsp3) is 0.111. The average molecular weight is 287 g/mol. The van der Waals surface area contributed by atoms with Crippen molar-refractivity contribution < 1.29 is 18.3 Å². The van der Waals surface area contributed by atoms with Gasteiger partial charge in [0, 0.05) is 13.1 Å². The number of aromatic carboxylic acids is 1. The maximum atomic E-state index is 12.0. The average Bonchev–Trinajstić information content (AvgIpc) is 2.88. The minimum Gasteiger partial charge on any atom is -0.477 e. The van der Waals surface area contributed by atoms with Crippen molar-refractivity contribution in [3.05, 3.63) is 28.6 Å². The first kappa shape index (κ1) is 12.6. The summed E-state index contributed by atoms with van der Waals surface area (Å²) in [6, 6.07) is 2.73. The highest BCUT2D eigenvalue weighted by Gasteiger charge is 2.24. The monoisotopic (exact) mass is 287 g/mol. The molecule has 96 valence electrons. The summed E-state index contributed by atoms with van der Waals surface area (Å²) in [6.45, 7) is 0. The molecule has 18 heavy (non-hydrogen) atoms. The summed E-state index contributed by atoms with van der Waals surface area (Å²) in [6.07, 6.45) is 1.43. The van der Waals surface area contributed by atoms with Gasteiger partial charge in [-0.15, -0.1) is 11.3 Å². The van der Waals surface area contributed by atoms with Gasteiger partial charge in [-0.1, -0.05) is 0 Å². The Morgan fingerprint density at radius 1 is 1.50 bits per heavy atom. The number of aromatic nitrogens is 2. The van der Waals surface area contributed by atoms with Crippen molar-refractivity contribution in [3.8, 4) is 0 Å².